The van der Waals surface area contributed by atoms with Crippen molar-refractivity contribution in [2.45, 2.75) is 52.2 Å². The highest BCUT2D eigenvalue weighted by molar-refractivity contribution is 5.81. The summed E-state index contributed by atoms with van der Waals surface area (Å²) in [5, 5.41) is 3.75. The van der Waals surface area contributed by atoms with Crippen LogP contribution in [-0.2, 0) is 16.1 Å². The molecule has 2 aliphatic carbocycles. The van der Waals surface area contributed by atoms with Crippen LogP contribution in [0.25, 0.3) is 11.0 Å². The van der Waals surface area contributed by atoms with Gasteiger partial charge in [-0.15, -0.1) is 0 Å². The number of rotatable bonds is 9. The molecule has 2 fully saturated rings. The number of fused-ring (bicyclic) bond motifs is 1. The predicted molar refractivity (Wildman–Crippen MR) is 102 cm³/mol. The van der Waals surface area contributed by atoms with E-state index in [0.29, 0.717) is 31.6 Å². The molecule has 0 spiro atoms. The van der Waals surface area contributed by atoms with E-state index in [0.717, 1.165) is 42.2 Å². The van der Waals surface area contributed by atoms with Gasteiger partial charge >= 0.3 is 0 Å². The van der Waals surface area contributed by atoms with Gasteiger partial charge in [0.25, 0.3) is 0 Å². The van der Waals surface area contributed by atoms with Crippen LogP contribution in [0, 0.1) is 18.8 Å². The molecule has 2 aliphatic rings. The number of hydrogen-bond donors (Lipinski definition) is 1. The van der Waals surface area contributed by atoms with E-state index < -0.39 is 0 Å². The number of nitrogens with one attached hydrogen (secondary N) is 1. The van der Waals surface area contributed by atoms with E-state index in [2.05, 4.69) is 32.1 Å². The molecule has 27 heavy (non-hydrogen) atoms. The van der Waals surface area contributed by atoms with Crippen molar-refractivity contribution in [3.63, 3.8) is 0 Å². The van der Waals surface area contributed by atoms with Gasteiger partial charge < -0.3 is 19.4 Å². The summed E-state index contributed by atoms with van der Waals surface area (Å²) < 4.78 is 14.0. The fourth-order valence-corrected chi connectivity index (χ4v) is 3.57. The molecule has 0 bridgehead atoms. The first-order valence-electron chi connectivity index (χ1n) is 9.91. The predicted octanol–water partition coefficient (Wildman–Crippen LogP) is 2.46. The quantitative estimate of drug-likeness (QED) is 0.684. The Kier molecular flexibility index (Phi) is 5.29. The third-order valence-corrected chi connectivity index (χ3v) is 5.33. The van der Waals surface area contributed by atoms with Gasteiger partial charge in [0.05, 0.1) is 24.7 Å². The van der Waals surface area contributed by atoms with Crippen LogP contribution in [-0.4, -0.2) is 46.3 Å². The highest BCUT2D eigenvalue weighted by Gasteiger charge is 2.30. The Morgan fingerprint density at radius 1 is 1.30 bits per heavy atom. The zero-order valence-electron chi connectivity index (χ0n) is 16.1. The van der Waals surface area contributed by atoms with Crippen LogP contribution < -0.4 is 10.1 Å². The second-order valence-electron chi connectivity index (χ2n) is 7.85. The van der Waals surface area contributed by atoms with Crippen molar-refractivity contribution >= 4 is 16.9 Å². The lowest BCUT2D eigenvalue weighted by Gasteiger charge is -2.34. The Hall–Kier alpha value is -2.15. The molecule has 0 atom stereocenters. The highest BCUT2D eigenvalue weighted by Crippen LogP contribution is 2.34. The summed E-state index contributed by atoms with van der Waals surface area (Å²) in [7, 11) is 0. The van der Waals surface area contributed by atoms with Gasteiger partial charge in [0.15, 0.2) is 0 Å². The van der Waals surface area contributed by atoms with Gasteiger partial charge in [-0.05, 0) is 50.5 Å². The molecule has 0 aliphatic heterocycles. The zero-order chi connectivity index (χ0) is 18.8. The fraction of sp³-hybridized carbons (Fsp3) is 0.650. The van der Waals surface area contributed by atoms with Gasteiger partial charge in [-0.2, -0.15) is 4.98 Å². The third-order valence-electron chi connectivity index (χ3n) is 5.33. The highest BCUT2D eigenvalue weighted by atomic mass is 16.5. The average Bonchev–Trinajstić information content (AvgIpc) is 3.32. The topological polar surface area (TPSA) is 78.3 Å². The van der Waals surface area contributed by atoms with E-state index in [1.165, 1.54) is 19.8 Å². The lowest BCUT2D eigenvalue weighted by atomic mass is 9.83. The van der Waals surface area contributed by atoms with Crippen LogP contribution in [0.1, 0.15) is 38.4 Å². The molecule has 2 saturated carbocycles. The summed E-state index contributed by atoms with van der Waals surface area (Å²) in [5.74, 6) is 2.73. The van der Waals surface area contributed by atoms with Crippen molar-refractivity contribution in [3.05, 3.63) is 18.1 Å². The third kappa shape index (κ3) is 4.58. The number of aryl methyl sites for hydroxylation is 1. The molecular weight excluding hydrogens is 344 g/mol. The summed E-state index contributed by atoms with van der Waals surface area (Å²) in [5.41, 5.74) is 0.984. The normalized spacial score (nSPS) is 21.9. The molecule has 146 valence electrons. The smallest absolute Gasteiger partial charge is 0.226 e. The van der Waals surface area contributed by atoms with Crippen LogP contribution in [0.15, 0.2) is 12.3 Å². The monoisotopic (exact) mass is 372 g/mol. The van der Waals surface area contributed by atoms with E-state index in [-0.39, 0.29) is 12.0 Å². The molecule has 2 aromatic rings. The summed E-state index contributed by atoms with van der Waals surface area (Å²) >= 11 is 0. The number of carbonyl (C=O) groups is 1. The summed E-state index contributed by atoms with van der Waals surface area (Å²) in [6, 6.07) is 2.07. The van der Waals surface area contributed by atoms with Gasteiger partial charge in [0.1, 0.15) is 11.5 Å². The van der Waals surface area contributed by atoms with E-state index in [4.69, 9.17) is 9.47 Å². The molecule has 1 amide bonds. The summed E-state index contributed by atoms with van der Waals surface area (Å²) in [4.78, 5) is 20.0. The molecule has 0 radical (unpaired) electrons. The second-order valence-corrected chi connectivity index (χ2v) is 7.85. The lowest BCUT2D eigenvalue weighted by Crippen LogP contribution is -2.37. The van der Waals surface area contributed by atoms with E-state index in [1.807, 2.05) is 6.92 Å². The SMILES string of the molecule is CC(=O)NCCOC1CC(COc2nc(C)nc3c2ccn3CC2CC2)C1. The number of carbonyl (C=O) groups excluding carboxylic acids is 1. The number of nitrogens with zero attached hydrogens (tertiary/aromatic N) is 3. The van der Waals surface area contributed by atoms with Crippen molar-refractivity contribution in [1.29, 1.82) is 0 Å². The van der Waals surface area contributed by atoms with E-state index in [9.17, 15) is 4.79 Å². The minimum atomic E-state index is -0.0177. The van der Waals surface area contributed by atoms with Gasteiger partial charge in [-0.25, -0.2) is 4.98 Å². The first kappa shape index (κ1) is 18.2. The molecule has 1 N–H and O–H groups in total. The summed E-state index contributed by atoms with van der Waals surface area (Å²) in [6.07, 6.45) is 7.02. The first-order valence-corrected chi connectivity index (χ1v) is 9.91. The van der Waals surface area contributed by atoms with Crippen molar-refractivity contribution in [2.75, 3.05) is 19.8 Å². The van der Waals surface area contributed by atoms with Crippen LogP contribution in [0.2, 0.25) is 0 Å². The maximum absolute atomic E-state index is 10.8. The van der Waals surface area contributed by atoms with Crippen LogP contribution in [0.5, 0.6) is 5.88 Å². The fourth-order valence-electron chi connectivity index (χ4n) is 3.57. The molecule has 0 aromatic carbocycles. The lowest BCUT2D eigenvalue weighted by molar-refractivity contribution is -0.119. The molecule has 4 rings (SSSR count). The summed E-state index contributed by atoms with van der Waals surface area (Å²) in [6.45, 7) is 6.28. The van der Waals surface area contributed by atoms with Crippen LogP contribution in [0.4, 0.5) is 0 Å². The van der Waals surface area contributed by atoms with Gasteiger partial charge in [0.2, 0.25) is 11.8 Å². The van der Waals surface area contributed by atoms with Crippen molar-refractivity contribution in [2.24, 2.45) is 11.8 Å². The van der Waals surface area contributed by atoms with Crippen molar-refractivity contribution in [3.8, 4) is 5.88 Å². The molecule has 7 heteroatoms. The van der Waals surface area contributed by atoms with Crippen molar-refractivity contribution < 1.29 is 14.3 Å². The van der Waals surface area contributed by atoms with Crippen LogP contribution >= 0.6 is 0 Å². The first-order chi connectivity index (χ1) is 13.1. The van der Waals surface area contributed by atoms with Gasteiger partial charge in [-0.1, -0.05) is 0 Å². The Morgan fingerprint density at radius 3 is 2.85 bits per heavy atom. The standard InChI is InChI=1S/C20H28N4O3/c1-13-22-19-18(5-7-24(19)11-15-3-4-15)20(23-13)27-12-16-9-17(10-16)26-8-6-21-14(2)25/h5,7,15-17H,3-4,6,8-12H2,1-2H3,(H,21,25). The number of ether oxygens (including phenoxy) is 2. The zero-order valence-corrected chi connectivity index (χ0v) is 16.1. The Labute approximate surface area is 159 Å². The molecule has 2 aromatic heterocycles. The minimum Gasteiger partial charge on any atom is -0.477 e. The van der Waals surface area contributed by atoms with E-state index in [1.54, 1.807) is 0 Å². The number of amides is 1. The minimum absolute atomic E-state index is 0.0177. The van der Waals surface area contributed by atoms with Gasteiger partial charge in [-0.3, -0.25) is 4.79 Å². The number of hydrogen-bond acceptors (Lipinski definition) is 5. The molecule has 7 nitrogen and oxygen atoms in total. The molecular formula is C20H28N4O3. The molecule has 0 saturated heterocycles. The van der Waals surface area contributed by atoms with E-state index >= 15 is 0 Å². The average molecular weight is 372 g/mol. The van der Waals surface area contributed by atoms with Gasteiger partial charge in [0, 0.05) is 26.2 Å². The maximum atomic E-state index is 10.8. The van der Waals surface area contributed by atoms with Crippen LogP contribution in [0.3, 0.4) is 0 Å². The Balaban J connectivity index is 1.27. The second kappa shape index (κ2) is 7.84. The Bertz CT molecular complexity index is 809. The maximum Gasteiger partial charge on any atom is 0.226 e. The molecule has 0 unspecified atom stereocenters. The largest absolute Gasteiger partial charge is 0.477 e. The number of aromatic nitrogens is 3. The molecule has 2 heterocycles. The Morgan fingerprint density at radius 2 is 2.11 bits per heavy atom. The van der Waals surface area contributed by atoms with Crippen molar-refractivity contribution in [1.82, 2.24) is 19.9 Å².